The maximum Gasteiger partial charge on any atom is 0.269 e. The van der Waals surface area contributed by atoms with Crippen molar-refractivity contribution in [1.82, 2.24) is 5.43 Å². The van der Waals surface area contributed by atoms with Crippen molar-refractivity contribution in [3.63, 3.8) is 0 Å². The number of nitrogens with one attached hydrogen (secondary N) is 1. The normalized spacial score (nSPS) is 11.8. The molecule has 2 rings (SSSR count). The third kappa shape index (κ3) is 5.58. The number of rotatable bonds is 7. The lowest BCUT2D eigenvalue weighted by atomic mass is 10.1. The van der Waals surface area contributed by atoms with Crippen molar-refractivity contribution in [3.05, 3.63) is 70.0 Å². The van der Waals surface area contributed by atoms with E-state index in [1.54, 1.807) is 6.92 Å². The van der Waals surface area contributed by atoms with E-state index in [2.05, 4.69) is 10.5 Å². The van der Waals surface area contributed by atoms with Gasteiger partial charge in [0.15, 0.2) is 0 Å². The van der Waals surface area contributed by atoms with Crippen LogP contribution in [-0.2, 0) is 14.8 Å². The number of nitro groups is 1. The number of hydrogen-bond donors (Lipinski definition) is 1. The molecule has 11 heteroatoms. The quantitative estimate of drug-likeness (QED) is 0.427. The third-order valence-electron chi connectivity index (χ3n) is 3.65. The molecule has 2 aromatic rings. The van der Waals surface area contributed by atoms with Gasteiger partial charge in [0.1, 0.15) is 12.4 Å². The molecule has 0 unspecified atom stereocenters. The van der Waals surface area contributed by atoms with E-state index in [0.29, 0.717) is 11.3 Å². The first kappa shape index (κ1) is 21.0. The van der Waals surface area contributed by atoms with Gasteiger partial charge in [-0.25, -0.2) is 18.2 Å². The Bertz CT molecular complexity index is 1000. The number of amides is 1. The molecule has 0 aromatic heterocycles. The smallest absolute Gasteiger partial charge is 0.269 e. The summed E-state index contributed by atoms with van der Waals surface area (Å²) in [5.74, 6) is -1.25. The van der Waals surface area contributed by atoms with Crippen LogP contribution in [0.5, 0.6) is 0 Å². The highest BCUT2D eigenvalue weighted by Gasteiger charge is 2.20. The van der Waals surface area contributed by atoms with Crippen LogP contribution in [0.2, 0.25) is 0 Å². The average molecular weight is 408 g/mol. The van der Waals surface area contributed by atoms with Crippen molar-refractivity contribution in [2.75, 3.05) is 17.1 Å². The summed E-state index contributed by atoms with van der Waals surface area (Å²) >= 11 is 0. The van der Waals surface area contributed by atoms with Gasteiger partial charge in [0.05, 0.1) is 22.6 Å². The summed E-state index contributed by atoms with van der Waals surface area (Å²) in [6.45, 7) is 1.03. The summed E-state index contributed by atoms with van der Waals surface area (Å²) in [5.41, 5.74) is 3.21. The fourth-order valence-corrected chi connectivity index (χ4v) is 3.06. The fourth-order valence-electron chi connectivity index (χ4n) is 2.21. The molecule has 0 spiro atoms. The van der Waals surface area contributed by atoms with Gasteiger partial charge in [0.25, 0.3) is 11.6 Å². The topological polar surface area (TPSA) is 122 Å². The van der Waals surface area contributed by atoms with Crippen molar-refractivity contribution >= 4 is 33.0 Å². The van der Waals surface area contributed by atoms with Crippen LogP contribution in [-0.4, -0.2) is 37.8 Å². The number of sulfonamides is 1. The van der Waals surface area contributed by atoms with Gasteiger partial charge in [-0.2, -0.15) is 5.10 Å². The summed E-state index contributed by atoms with van der Waals surface area (Å²) in [7, 11) is -3.79. The largest absolute Gasteiger partial charge is 0.271 e. The van der Waals surface area contributed by atoms with Gasteiger partial charge < -0.3 is 0 Å². The van der Waals surface area contributed by atoms with E-state index in [1.807, 2.05) is 0 Å². The first-order valence-electron chi connectivity index (χ1n) is 7.89. The van der Waals surface area contributed by atoms with Crippen LogP contribution in [0.25, 0.3) is 0 Å². The molecule has 0 aliphatic heterocycles. The number of carbonyl (C=O) groups is 1. The number of nitrogens with zero attached hydrogens (tertiary/aromatic N) is 3. The van der Waals surface area contributed by atoms with Gasteiger partial charge in [0, 0.05) is 12.1 Å². The van der Waals surface area contributed by atoms with E-state index in [4.69, 9.17) is 0 Å². The van der Waals surface area contributed by atoms with Gasteiger partial charge in [-0.15, -0.1) is 0 Å². The molecule has 0 radical (unpaired) electrons. The highest BCUT2D eigenvalue weighted by Crippen LogP contribution is 2.17. The molecule has 0 fully saturated rings. The van der Waals surface area contributed by atoms with Crippen molar-refractivity contribution in [1.29, 1.82) is 0 Å². The number of halogens is 1. The SMILES string of the molecule is C/C(=N/NC(=O)CN(c1ccc(F)cc1)S(C)(=O)=O)c1ccc([N+](=O)[O-])cc1. The van der Waals surface area contributed by atoms with Crippen LogP contribution in [0.4, 0.5) is 15.8 Å². The molecule has 148 valence electrons. The highest BCUT2D eigenvalue weighted by molar-refractivity contribution is 7.92. The Kier molecular flexibility index (Phi) is 6.41. The summed E-state index contributed by atoms with van der Waals surface area (Å²) in [5, 5.41) is 14.5. The van der Waals surface area contributed by atoms with Crippen LogP contribution < -0.4 is 9.73 Å². The lowest BCUT2D eigenvalue weighted by molar-refractivity contribution is -0.384. The fraction of sp³-hybridized carbons (Fsp3) is 0.176. The van der Waals surface area contributed by atoms with Crippen LogP contribution >= 0.6 is 0 Å². The molecule has 0 bridgehead atoms. The van der Waals surface area contributed by atoms with E-state index >= 15 is 0 Å². The van der Waals surface area contributed by atoms with Gasteiger partial charge in [0.2, 0.25) is 10.0 Å². The van der Waals surface area contributed by atoms with Gasteiger partial charge in [-0.1, -0.05) is 0 Å². The maximum absolute atomic E-state index is 13.0. The number of carbonyl (C=O) groups excluding carboxylic acids is 1. The Morgan fingerprint density at radius 2 is 1.75 bits per heavy atom. The monoisotopic (exact) mass is 408 g/mol. The Labute approximate surface area is 160 Å². The molecule has 9 nitrogen and oxygen atoms in total. The molecule has 0 saturated heterocycles. The summed E-state index contributed by atoms with van der Waals surface area (Å²) in [6.07, 6.45) is 0.926. The molecular weight excluding hydrogens is 391 g/mol. The lowest BCUT2D eigenvalue weighted by Crippen LogP contribution is -2.39. The minimum Gasteiger partial charge on any atom is -0.271 e. The van der Waals surface area contributed by atoms with Crippen LogP contribution in [0, 0.1) is 15.9 Å². The molecule has 0 aliphatic rings. The molecule has 0 aliphatic carbocycles. The minimum atomic E-state index is -3.79. The van der Waals surface area contributed by atoms with Crippen LogP contribution in [0.3, 0.4) is 0 Å². The molecule has 1 N–H and O–H groups in total. The molecule has 1 amide bonds. The average Bonchev–Trinajstić information content (AvgIpc) is 2.64. The Morgan fingerprint density at radius 3 is 2.25 bits per heavy atom. The Balaban J connectivity index is 2.10. The zero-order valence-electron chi connectivity index (χ0n) is 15.0. The van der Waals surface area contributed by atoms with E-state index in [9.17, 15) is 27.7 Å². The van der Waals surface area contributed by atoms with Crippen molar-refractivity contribution < 1.29 is 22.5 Å². The van der Waals surface area contributed by atoms with E-state index in [1.165, 1.54) is 36.4 Å². The standard InChI is InChI=1S/C17H17FN4O5S/c1-12(13-3-7-16(8-4-13)22(24)25)19-20-17(23)11-21(28(2,26)27)15-9-5-14(18)6-10-15/h3-10H,11H2,1-2H3,(H,20,23)/b19-12-. The van der Waals surface area contributed by atoms with Crippen molar-refractivity contribution in [3.8, 4) is 0 Å². The zero-order valence-corrected chi connectivity index (χ0v) is 15.8. The van der Waals surface area contributed by atoms with E-state index in [-0.39, 0.29) is 11.4 Å². The first-order valence-corrected chi connectivity index (χ1v) is 9.74. The number of hydrazone groups is 1. The lowest BCUT2D eigenvalue weighted by Gasteiger charge is -2.21. The second-order valence-electron chi connectivity index (χ2n) is 5.78. The van der Waals surface area contributed by atoms with Crippen molar-refractivity contribution in [2.24, 2.45) is 5.10 Å². The molecule has 2 aromatic carbocycles. The van der Waals surface area contributed by atoms with Gasteiger partial charge in [-0.3, -0.25) is 19.2 Å². The molecule has 28 heavy (non-hydrogen) atoms. The highest BCUT2D eigenvalue weighted by atomic mass is 32.2. The third-order valence-corrected chi connectivity index (χ3v) is 4.79. The summed E-state index contributed by atoms with van der Waals surface area (Å²) < 4.78 is 37.8. The van der Waals surface area contributed by atoms with Gasteiger partial charge >= 0.3 is 0 Å². The first-order chi connectivity index (χ1) is 13.1. The Hall–Kier alpha value is -3.34. The number of benzene rings is 2. The molecular formula is C17H17FN4O5S. The number of hydrogen-bond acceptors (Lipinski definition) is 6. The second kappa shape index (κ2) is 8.57. The zero-order chi connectivity index (χ0) is 20.9. The number of nitro benzene ring substituents is 1. The number of anilines is 1. The van der Waals surface area contributed by atoms with E-state index in [0.717, 1.165) is 22.7 Å². The Morgan fingerprint density at radius 1 is 1.18 bits per heavy atom. The van der Waals surface area contributed by atoms with Gasteiger partial charge in [-0.05, 0) is 48.9 Å². The predicted octanol–water partition coefficient (Wildman–Crippen LogP) is 2.04. The summed E-state index contributed by atoms with van der Waals surface area (Å²) in [6, 6.07) is 10.2. The predicted molar refractivity (Wildman–Crippen MR) is 102 cm³/mol. The molecule has 0 heterocycles. The molecule has 0 atom stereocenters. The second-order valence-corrected chi connectivity index (χ2v) is 7.69. The van der Waals surface area contributed by atoms with Crippen molar-refractivity contribution in [2.45, 2.75) is 6.92 Å². The molecule has 0 saturated carbocycles. The number of non-ortho nitro benzene ring substituents is 1. The maximum atomic E-state index is 13.0. The van der Waals surface area contributed by atoms with Crippen LogP contribution in [0.1, 0.15) is 12.5 Å². The van der Waals surface area contributed by atoms with E-state index < -0.39 is 33.2 Å². The van der Waals surface area contributed by atoms with Crippen LogP contribution in [0.15, 0.2) is 53.6 Å². The minimum absolute atomic E-state index is 0.0799. The summed E-state index contributed by atoms with van der Waals surface area (Å²) in [4.78, 5) is 22.3.